The second-order valence-corrected chi connectivity index (χ2v) is 4.98. The van der Waals surface area contributed by atoms with E-state index >= 15 is 0 Å². The molecule has 19 heavy (non-hydrogen) atoms. The molecule has 1 aromatic rings. The van der Waals surface area contributed by atoms with Crippen molar-refractivity contribution in [1.82, 2.24) is 0 Å². The molecule has 0 aromatic heterocycles. The van der Waals surface area contributed by atoms with E-state index in [-0.39, 0.29) is 0 Å². The maximum atomic E-state index is 5.36. The summed E-state index contributed by atoms with van der Waals surface area (Å²) in [7, 11) is 3.49. The van der Waals surface area contributed by atoms with Gasteiger partial charge >= 0.3 is 0 Å². The van der Waals surface area contributed by atoms with Crippen LogP contribution in [0.1, 0.15) is 43.7 Å². The van der Waals surface area contributed by atoms with Crippen LogP contribution in [0.5, 0.6) is 5.75 Å². The van der Waals surface area contributed by atoms with E-state index in [1.54, 1.807) is 14.2 Å². The summed E-state index contributed by atoms with van der Waals surface area (Å²) in [6.07, 6.45) is 9.43. The highest BCUT2D eigenvalue weighted by molar-refractivity contribution is 5.58. The molecular weight excluding hydrogens is 236 g/mol. The van der Waals surface area contributed by atoms with Gasteiger partial charge in [0.1, 0.15) is 5.75 Å². The van der Waals surface area contributed by atoms with Gasteiger partial charge < -0.3 is 9.47 Å². The second-order valence-electron chi connectivity index (χ2n) is 4.98. The van der Waals surface area contributed by atoms with Gasteiger partial charge in [-0.15, -0.1) is 0 Å². The molecule has 0 radical (unpaired) electrons. The molecule has 0 spiro atoms. The molecule has 0 bridgehead atoms. The molecule has 0 saturated carbocycles. The van der Waals surface area contributed by atoms with Crippen LogP contribution < -0.4 is 4.74 Å². The summed E-state index contributed by atoms with van der Waals surface area (Å²) < 4.78 is 10.6. The molecule has 0 aliphatic carbocycles. The van der Waals surface area contributed by atoms with E-state index in [0.717, 1.165) is 24.2 Å². The summed E-state index contributed by atoms with van der Waals surface area (Å²) >= 11 is 0. The van der Waals surface area contributed by atoms with Gasteiger partial charge in [-0.3, -0.25) is 0 Å². The van der Waals surface area contributed by atoms with Gasteiger partial charge in [0.2, 0.25) is 0 Å². The summed E-state index contributed by atoms with van der Waals surface area (Å²) in [5.74, 6) is 0.940. The van der Waals surface area contributed by atoms with Gasteiger partial charge in [-0.05, 0) is 45.2 Å². The van der Waals surface area contributed by atoms with Crippen LogP contribution in [-0.4, -0.2) is 20.3 Å². The smallest absolute Gasteiger partial charge is 0.126 e. The van der Waals surface area contributed by atoms with Gasteiger partial charge in [-0.25, -0.2) is 0 Å². The van der Waals surface area contributed by atoms with Crippen LogP contribution >= 0.6 is 0 Å². The Labute approximate surface area is 117 Å². The number of hydrogen-bond acceptors (Lipinski definition) is 2. The topological polar surface area (TPSA) is 18.5 Å². The molecule has 0 heterocycles. The lowest BCUT2D eigenvalue weighted by Crippen LogP contribution is -2.03. The third-order valence-corrected chi connectivity index (χ3v) is 3.32. The van der Waals surface area contributed by atoms with Gasteiger partial charge in [-0.1, -0.05) is 30.2 Å². The first kappa shape index (κ1) is 15.8. The zero-order valence-electron chi connectivity index (χ0n) is 12.6. The van der Waals surface area contributed by atoms with Crippen molar-refractivity contribution in [3.63, 3.8) is 0 Å². The second kappa shape index (κ2) is 8.76. The predicted octanol–water partition coefficient (Wildman–Crippen LogP) is 4.61. The highest BCUT2D eigenvalue weighted by Crippen LogP contribution is 2.21. The van der Waals surface area contributed by atoms with Crippen molar-refractivity contribution in [2.45, 2.75) is 45.6 Å². The molecule has 0 saturated heterocycles. The summed E-state index contributed by atoms with van der Waals surface area (Å²) in [4.78, 5) is 0. The minimum atomic E-state index is 0.376. The third kappa shape index (κ3) is 5.93. The number of allylic oxidation sites excluding steroid dienone is 1. The van der Waals surface area contributed by atoms with Crippen molar-refractivity contribution in [2.75, 3.05) is 14.2 Å². The van der Waals surface area contributed by atoms with Crippen molar-refractivity contribution in [2.24, 2.45) is 0 Å². The fourth-order valence-electron chi connectivity index (χ4n) is 2.01. The molecule has 1 aromatic carbocycles. The molecule has 0 amide bonds. The molecule has 0 unspecified atom stereocenters. The molecule has 0 aliphatic heterocycles. The first-order chi connectivity index (χ1) is 9.17. The van der Waals surface area contributed by atoms with Crippen molar-refractivity contribution >= 4 is 6.08 Å². The number of benzene rings is 1. The number of aryl methyl sites for hydroxylation is 1. The zero-order valence-corrected chi connectivity index (χ0v) is 12.6. The number of methoxy groups -OCH3 is 2. The molecule has 1 atom stereocenters. The van der Waals surface area contributed by atoms with Crippen LogP contribution in [0.2, 0.25) is 0 Å². The van der Waals surface area contributed by atoms with Gasteiger partial charge in [-0.2, -0.15) is 0 Å². The maximum absolute atomic E-state index is 5.36. The fraction of sp³-hybridized carbons (Fsp3) is 0.529. The molecule has 0 fully saturated rings. The molecule has 2 nitrogen and oxygen atoms in total. The molecule has 1 rings (SSSR count). The van der Waals surface area contributed by atoms with E-state index in [4.69, 9.17) is 9.47 Å². The van der Waals surface area contributed by atoms with Gasteiger partial charge in [0, 0.05) is 12.7 Å². The van der Waals surface area contributed by atoms with Gasteiger partial charge in [0.15, 0.2) is 0 Å². The number of rotatable bonds is 8. The molecular formula is C17H26O2. The van der Waals surface area contributed by atoms with Crippen LogP contribution in [0.25, 0.3) is 6.08 Å². The predicted molar refractivity (Wildman–Crippen MR) is 81.7 cm³/mol. The average Bonchev–Trinajstić information content (AvgIpc) is 2.42. The fourth-order valence-corrected chi connectivity index (χ4v) is 2.01. The van der Waals surface area contributed by atoms with E-state index in [1.165, 1.54) is 18.4 Å². The largest absolute Gasteiger partial charge is 0.496 e. The summed E-state index contributed by atoms with van der Waals surface area (Å²) in [5, 5.41) is 0. The van der Waals surface area contributed by atoms with E-state index in [9.17, 15) is 0 Å². The number of ether oxygens (including phenoxy) is 2. The maximum Gasteiger partial charge on any atom is 0.126 e. The Hall–Kier alpha value is -1.28. The van der Waals surface area contributed by atoms with Gasteiger partial charge in [0.25, 0.3) is 0 Å². The first-order valence-electron chi connectivity index (χ1n) is 7.01. The summed E-state index contributed by atoms with van der Waals surface area (Å²) in [6.45, 7) is 4.22. The third-order valence-electron chi connectivity index (χ3n) is 3.32. The Morgan fingerprint density at radius 3 is 2.68 bits per heavy atom. The minimum absolute atomic E-state index is 0.376. The first-order valence-corrected chi connectivity index (χ1v) is 7.01. The van der Waals surface area contributed by atoms with Crippen LogP contribution in [0.15, 0.2) is 24.3 Å². The van der Waals surface area contributed by atoms with Crippen LogP contribution in [0, 0.1) is 6.92 Å². The van der Waals surface area contributed by atoms with Crippen molar-refractivity contribution in [3.8, 4) is 5.75 Å². The Morgan fingerprint density at radius 1 is 1.21 bits per heavy atom. The van der Waals surface area contributed by atoms with Crippen LogP contribution in [0.3, 0.4) is 0 Å². The lowest BCUT2D eigenvalue weighted by Gasteiger charge is -2.07. The van der Waals surface area contributed by atoms with E-state index in [2.05, 4.69) is 38.1 Å². The van der Waals surface area contributed by atoms with Gasteiger partial charge in [0.05, 0.1) is 13.2 Å². The summed E-state index contributed by atoms with van der Waals surface area (Å²) in [6, 6.07) is 6.25. The molecule has 2 heteroatoms. The lowest BCUT2D eigenvalue weighted by molar-refractivity contribution is 0.108. The van der Waals surface area contributed by atoms with E-state index in [0.29, 0.717) is 6.10 Å². The highest BCUT2D eigenvalue weighted by atomic mass is 16.5. The lowest BCUT2D eigenvalue weighted by atomic mass is 10.1. The van der Waals surface area contributed by atoms with Crippen LogP contribution in [0.4, 0.5) is 0 Å². The Bertz CT molecular complexity index is 396. The standard InChI is InChI=1S/C17H26O2/c1-14-11-12-17(19-4)16(13-14)10-8-6-5-7-9-15(2)18-3/h8,10-13,15H,5-7,9H2,1-4H3/b10-8+/t15-/m0/s1. The van der Waals surface area contributed by atoms with E-state index < -0.39 is 0 Å². The zero-order chi connectivity index (χ0) is 14.1. The molecule has 106 valence electrons. The summed E-state index contributed by atoms with van der Waals surface area (Å²) in [5.41, 5.74) is 2.42. The number of unbranched alkanes of at least 4 members (excludes halogenated alkanes) is 2. The normalized spacial score (nSPS) is 12.8. The van der Waals surface area contributed by atoms with E-state index in [1.807, 2.05) is 6.07 Å². The Morgan fingerprint density at radius 2 is 2.00 bits per heavy atom. The SMILES string of the molecule is COc1ccc(C)cc1/C=C/CCCC[C@H](C)OC. The highest BCUT2D eigenvalue weighted by Gasteiger charge is 1.99. The van der Waals surface area contributed by atoms with Crippen molar-refractivity contribution in [3.05, 3.63) is 35.4 Å². The molecule has 0 aliphatic rings. The van der Waals surface area contributed by atoms with Crippen molar-refractivity contribution in [1.29, 1.82) is 0 Å². The monoisotopic (exact) mass is 262 g/mol. The Kier molecular flexibility index (Phi) is 7.27. The molecule has 0 N–H and O–H groups in total. The average molecular weight is 262 g/mol. The minimum Gasteiger partial charge on any atom is -0.496 e. The quantitative estimate of drug-likeness (QED) is 0.637. The number of hydrogen-bond donors (Lipinski definition) is 0. The van der Waals surface area contributed by atoms with Crippen molar-refractivity contribution < 1.29 is 9.47 Å². The Balaban J connectivity index is 2.38. The van der Waals surface area contributed by atoms with Crippen LogP contribution in [-0.2, 0) is 4.74 Å².